The maximum atomic E-state index is 6.38. The molecule has 0 spiro atoms. The van der Waals surface area contributed by atoms with E-state index in [0.717, 1.165) is 16.3 Å². The van der Waals surface area contributed by atoms with Crippen LogP contribution >= 0.6 is 22.9 Å². The van der Waals surface area contributed by atoms with E-state index in [9.17, 15) is 0 Å². The van der Waals surface area contributed by atoms with Crippen molar-refractivity contribution < 1.29 is 0 Å². The van der Waals surface area contributed by atoms with Gasteiger partial charge in [-0.3, -0.25) is 0 Å². The summed E-state index contributed by atoms with van der Waals surface area (Å²) in [7, 11) is 2.07. The van der Waals surface area contributed by atoms with Crippen LogP contribution in [0.25, 0.3) is 0 Å². The van der Waals surface area contributed by atoms with Gasteiger partial charge in [0.1, 0.15) is 0 Å². The van der Waals surface area contributed by atoms with Crippen molar-refractivity contribution in [2.45, 2.75) is 25.9 Å². The molecule has 102 valence electrons. The highest BCUT2D eigenvalue weighted by Gasteiger charge is 2.16. The lowest BCUT2D eigenvalue weighted by Gasteiger charge is -2.27. The topological polar surface area (TPSA) is 29.3 Å². The first kappa shape index (κ1) is 14.4. The van der Waals surface area contributed by atoms with E-state index in [2.05, 4.69) is 36.4 Å². The second-order valence-electron chi connectivity index (χ2n) is 4.80. The highest BCUT2D eigenvalue weighted by Crippen LogP contribution is 2.34. The molecule has 2 atom stereocenters. The van der Waals surface area contributed by atoms with Crippen LogP contribution in [0, 0.1) is 0 Å². The Morgan fingerprint density at radius 3 is 2.53 bits per heavy atom. The first-order valence-corrected chi connectivity index (χ1v) is 7.57. The molecule has 0 saturated carbocycles. The SMILES string of the molecule is CC(N)c1ccc(N(C)C(C)c2cccs2)c(Cl)c1. The average Bonchev–Trinajstić information content (AvgIpc) is 2.90. The van der Waals surface area contributed by atoms with Crippen molar-refractivity contribution in [1.82, 2.24) is 0 Å². The molecule has 0 aliphatic carbocycles. The average molecular weight is 295 g/mol. The molecule has 2 nitrogen and oxygen atoms in total. The van der Waals surface area contributed by atoms with Crippen LogP contribution in [0.1, 0.15) is 36.4 Å². The normalized spacial score (nSPS) is 14.2. The van der Waals surface area contributed by atoms with Gasteiger partial charge in [0, 0.05) is 18.0 Å². The molecule has 0 bridgehead atoms. The summed E-state index contributed by atoms with van der Waals surface area (Å²) in [6.45, 7) is 4.14. The minimum Gasteiger partial charge on any atom is -0.366 e. The first-order valence-electron chi connectivity index (χ1n) is 6.32. The van der Waals surface area contributed by atoms with Gasteiger partial charge in [0.2, 0.25) is 0 Å². The molecule has 0 saturated heterocycles. The number of nitrogens with zero attached hydrogens (tertiary/aromatic N) is 1. The zero-order chi connectivity index (χ0) is 14.0. The van der Waals surface area contributed by atoms with E-state index in [0.29, 0.717) is 6.04 Å². The fraction of sp³-hybridized carbons (Fsp3) is 0.333. The Hall–Kier alpha value is -1.03. The Kier molecular flexibility index (Phi) is 4.50. The molecule has 0 amide bonds. The largest absolute Gasteiger partial charge is 0.366 e. The van der Waals surface area contributed by atoms with Crippen LogP contribution in [0.3, 0.4) is 0 Å². The number of benzene rings is 1. The molecule has 0 aliphatic rings. The molecule has 19 heavy (non-hydrogen) atoms. The fourth-order valence-corrected chi connectivity index (χ4v) is 3.17. The van der Waals surface area contributed by atoms with Gasteiger partial charge in [-0.25, -0.2) is 0 Å². The molecule has 2 unspecified atom stereocenters. The molecule has 0 fully saturated rings. The van der Waals surface area contributed by atoms with Crippen molar-refractivity contribution in [2.75, 3.05) is 11.9 Å². The Morgan fingerprint density at radius 2 is 2.00 bits per heavy atom. The number of rotatable bonds is 4. The van der Waals surface area contributed by atoms with E-state index in [4.69, 9.17) is 17.3 Å². The zero-order valence-corrected chi connectivity index (χ0v) is 13.0. The van der Waals surface area contributed by atoms with Crippen molar-refractivity contribution in [3.63, 3.8) is 0 Å². The van der Waals surface area contributed by atoms with Crippen molar-refractivity contribution in [1.29, 1.82) is 0 Å². The van der Waals surface area contributed by atoms with Gasteiger partial charge >= 0.3 is 0 Å². The number of halogens is 1. The predicted octanol–water partition coefficient (Wildman–Crippen LogP) is 4.62. The minimum atomic E-state index is 0.00609. The van der Waals surface area contributed by atoms with E-state index in [1.165, 1.54) is 4.88 Å². The summed E-state index contributed by atoms with van der Waals surface area (Å²) in [6.07, 6.45) is 0. The van der Waals surface area contributed by atoms with Gasteiger partial charge in [0.05, 0.1) is 16.8 Å². The summed E-state index contributed by atoms with van der Waals surface area (Å²) in [4.78, 5) is 3.52. The summed E-state index contributed by atoms with van der Waals surface area (Å²) < 4.78 is 0. The number of hydrogen-bond donors (Lipinski definition) is 1. The van der Waals surface area contributed by atoms with Gasteiger partial charge in [0.25, 0.3) is 0 Å². The molecule has 2 rings (SSSR count). The maximum Gasteiger partial charge on any atom is 0.0642 e. The smallest absolute Gasteiger partial charge is 0.0642 e. The Labute approximate surface area is 123 Å². The van der Waals surface area contributed by atoms with E-state index in [1.54, 1.807) is 11.3 Å². The number of anilines is 1. The Balaban J connectivity index is 2.26. The third-order valence-electron chi connectivity index (χ3n) is 3.41. The molecule has 1 aromatic carbocycles. The monoisotopic (exact) mass is 294 g/mol. The Morgan fingerprint density at radius 1 is 1.26 bits per heavy atom. The molecule has 4 heteroatoms. The molecular formula is C15H19ClN2S. The van der Waals surface area contributed by atoms with Crippen molar-refractivity contribution in [2.24, 2.45) is 5.73 Å². The lowest BCUT2D eigenvalue weighted by Crippen LogP contribution is -2.21. The summed E-state index contributed by atoms with van der Waals surface area (Å²) in [5.74, 6) is 0. The van der Waals surface area contributed by atoms with Crippen molar-refractivity contribution in [3.05, 3.63) is 51.2 Å². The first-order chi connectivity index (χ1) is 9.00. The molecule has 1 aromatic heterocycles. The number of thiophene rings is 1. The highest BCUT2D eigenvalue weighted by molar-refractivity contribution is 7.10. The molecule has 1 heterocycles. The van der Waals surface area contributed by atoms with Crippen LogP contribution in [0.15, 0.2) is 35.7 Å². The van der Waals surface area contributed by atoms with Crippen LogP contribution in [0.2, 0.25) is 5.02 Å². The van der Waals surface area contributed by atoms with Gasteiger partial charge in [-0.15, -0.1) is 11.3 Å². The molecular weight excluding hydrogens is 276 g/mol. The summed E-state index contributed by atoms with van der Waals surface area (Å²) in [5.41, 5.74) is 7.97. The third kappa shape index (κ3) is 3.11. The van der Waals surface area contributed by atoms with Crippen LogP contribution in [-0.2, 0) is 0 Å². The lowest BCUT2D eigenvalue weighted by atomic mass is 10.1. The van der Waals surface area contributed by atoms with Gasteiger partial charge in [0.15, 0.2) is 0 Å². The minimum absolute atomic E-state index is 0.00609. The summed E-state index contributed by atoms with van der Waals surface area (Å²) in [5, 5.41) is 2.85. The van der Waals surface area contributed by atoms with Gasteiger partial charge in [-0.05, 0) is 43.0 Å². The van der Waals surface area contributed by atoms with Gasteiger partial charge in [-0.2, -0.15) is 0 Å². The molecule has 0 radical (unpaired) electrons. The molecule has 0 aliphatic heterocycles. The molecule has 2 N–H and O–H groups in total. The highest BCUT2D eigenvalue weighted by atomic mass is 35.5. The van der Waals surface area contributed by atoms with E-state index < -0.39 is 0 Å². The van der Waals surface area contributed by atoms with Crippen LogP contribution < -0.4 is 10.6 Å². The van der Waals surface area contributed by atoms with Crippen LogP contribution in [0.4, 0.5) is 5.69 Å². The van der Waals surface area contributed by atoms with Crippen molar-refractivity contribution >= 4 is 28.6 Å². The van der Waals surface area contributed by atoms with Crippen LogP contribution in [-0.4, -0.2) is 7.05 Å². The second kappa shape index (κ2) is 5.95. The molecule has 2 aromatic rings. The van der Waals surface area contributed by atoms with Gasteiger partial charge < -0.3 is 10.6 Å². The zero-order valence-electron chi connectivity index (χ0n) is 11.4. The Bertz CT molecular complexity index is 537. The number of nitrogens with two attached hydrogens (primary N) is 1. The predicted molar refractivity (Wildman–Crippen MR) is 85.2 cm³/mol. The summed E-state index contributed by atoms with van der Waals surface area (Å²) in [6, 6.07) is 10.6. The third-order valence-corrected chi connectivity index (χ3v) is 4.76. The van der Waals surface area contributed by atoms with Gasteiger partial charge in [-0.1, -0.05) is 23.7 Å². The quantitative estimate of drug-likeness (QED) is 0.891. The summed E-state index contributed by atoms with van der Waals surface area (Å²) >= 11 is 8.14. The van der Waals surface area contributed by atoms with E-state index in [-0.39, 0.29) is 6.04 Å². The lowest BCUT2D eigenvalue weighted by molar-refractivity contribution is 0.752. The van der Waals surface area contributed by atoms with E-state index >= 15 is 0 Å². The van der Waals surface area contributed by atoms with Crippen LogP contribution in [0.5, 0.6) is 0 Å². The maximum absolute atomic E-state index is 6.38. The second-order valence-corrected chi connectivity index (χ2v) is 6.19. The van der Waals surface area contributed by atoms with E-state index in [1.807, 2.05) is 25.1 Å². The van der Waals surface area contributed by atoms with Crippen molar-refractivity contribution in [3.8, 4) is 0 Å². The fourth-order valence-electron chi connectivity index (χ4n) is 2.02. The standard InChI is InChI=1S/C15H19ClN2S/c1-10(17)12-6-7-14(13(16)9-12)18(3)11(2)15-5-4-8-19-15/h4-11H,17H2,1-3H3. The number of hydrogen-bond acceptors (Lipinski definition) is 3.